The van der Waals surface area contributed by atoms with Crippen LogP contribution >= 0.6 is 0 Å². The van der Waals surface area contributed by atoms with Crippen LogP contribution in [0.2, 0.25) is 25.7 Å². The van der Waals surface area contributed by atoms with Gasteiger partial charge in [0, 0.05) is 39.8 Å². The zero-order valence-electron chi connectivity index (χ0n) is 22.9. The van der Waals surface area contributed by atoms with Crippen molar-refractivity contribution in [2.75, 3.05) is 6.61 Å². The standard InChI is InChI=1S/C27H32F3N7O2Si/c1-5-10-36-25(38)22-24(35-11-9-31-26(35)36)33-23(37(22)18-39-12-13-40(2,3)4)20-15-32-34(17-20)16-19-7-6-8-21(14-19)27(28,29)30/h6-9,11,14-15,17H,5,10,12-13,16,18H2,1-4H3. The molecule has 5 rings (SSSR count). The molecule has 212 valence electrons. The Morgan fingerprint density at radius 1 is 1.12 bits per heavy atom. The van der Waals surface area contributed by atoms with Gasteiger partial charge in [0.05, 0.1) is 23.9 Å². The van der Waals surface area contributed by atoms with Crippen molar-refractivity contribution >= 4 is 25.0 Å². The predicted molar refractivity (Wildman–Crippen MR) is 149 cm³/mol. The number of fused-ring (bicyclic) bond motifs is 3. The van der Waals surface area contributed by atoms with Gasteiger partial charge in [-0.15, -0.1) is 0 Å². The molecule has 0 spiro atoms. The zero-order valence-corrected chi connectivity index (χ0v) is 23.9. The van der Waals surface area contributed by atoms with Crippen LogP contribution in [0.15, 0.2) is 53.8 Å². The summed E-state index contributed by atoms with van der Waals surface area (Å²) < 4.78 is 52.4. The molecule has 0 amide bonds. The second kappa shape index (κ2) is 10.7. The highest BCUT2D eigenvalue weighted by atomic mass is 28.3. The lowest BCUT2D eigenvalue weighted by Crippen LogP contribution is -2.25. The number of ether oxygens (including phenoxy) is 1. The van der Waals surface area contributed by atoms with Gasteiger partial charge in [-0.2, -0.15) is 18.3 Å². The van der Waals surface area contributed by atoms with Crippen molar-refractivity contribution < 1.29 is 17.9 Å². The summed E-state index contributed by atoms with van der Waals surface area (Å²) in [5, 5.41) is 4.39. The van der Waals surface area contributed by atoms with Gasteiger partial charge in [-0.1, -0.05) is 38.7 Å². The molecule has 4 heterocycles. The Balaban J connectivity index is 1.56. The number of rotatable bonds is 10. The largest absolute Gasteiger partial charge is 0.416 e. The Morgan fingerprint density at radius 2 is 1.93 bits per heavy atom. The van der Waals surface area contributed by atoms with E-state index >= 15 is 0 Å². The fourth-order valence-electron chi connectivity index (χ4n) is 4.60. The minimum Gasteiger partial charge on any atom is -0.361 e. The number of alkyl halides is 3. The molecule has 0 fully saturated rings. The van der Waals surface area contributed by atoms with Crippen molar-refractivity contribution in [2.24, 2.45) is 0 Å². The van der Waals surface area contributed by atoms with Gasteiger partial charge in [0.25, 0.3) is 5.56 Å². The van der Waals surface area contributed by atoms with Crippen LogP contribution in [0.1, 0.15) is 24.5 Å². The Kier molecular flexibility index (Phi) is 7.44. The summed E-state index contributed by atoms with van der Waals surface area (Å²) >= 11 is 0. The summed E-state index contributed by atoms with van der Waals surface area (Å²) in [5.74, 6) is 0.995. The molecule has 0 saturated carbocycles. The van der Waals surface area contributed by atoms with Crippen molar-refractivity contribution in [2.45, 2.75) is 65.0 Å². The first-order valence-electron chi connectivity index (χ1n) is 13.2. The van der Waals surface area contributed by atoms with Gasteiger partial charge < -0.3 is 4.74 Å². The van der Waals surface area contributed by atoms with Crippen LogP contribution in [0.25, 0.3) is 28.3 Å². The van der Waals surface area contributed by atoms with E-state index in [1.807, 2.05) is 6.92 Å². The molecule has 0 aliphatic heterocycles. The first kappa shape index (κ1) is 27.8. The molecule has 4 aromatic heterocycles. The molecule has 0 radical (unpaired) electrons. The van der Waals surface area contributed by atoms with Crippen LogP contribution in [0, 0.1) is 0 Å². The number of hydrogen-bond acceptors (Lipinski definition) is 5. The molecule has 5 aromatic rings. The second-order valence-electron chi connectivity index (χ2n) is 11.1. The maximum Gasteiger partial charge on any atom is 0.416 e. The van der Waals surface area contributed by atoms with Crippen LogP contribution in [0.3, 0.4) is 0 Å². The average Bonchev–Trinajstić information content (AvgIpc) is 3.62. The Bertz CT molecular complexity index is 1710. The van der Waals surface area contributed by atoms with Crippen LogP contribution in [0.4, 0.5) is 13.2 Å². The average molecular weight is 572 g/mol. The minimum absolute atomic E-state index is 0.122. The van der Waals surface area contributed by atoms with E-state index < -0.39 is 19.8 Å². The number of imidazole rings is 2. The van der Waals surface area contributed by atoms with Crippen LogP contribution in [-0.4, -0.2) is 48.0 Å². The molecule has 0 unspecified atom stereocenters. The summed E-state index contributed by atoms with van der Waals surface area (Å²) in [6.45, 7) is 10.1. The molecular formula is C27H32F3N7O2Si. The summed E-state index contributed by atoms with van der Waals surface area (Å²) in [4.78, 5) is 23.0. The van der Waals surface area contributed by atoms with Gasteiger partial charge in [0.15, 0.2) is 11.2 Å². The number of halogens is 3. The lowest BCUT2D eigenvalue weighted by Gasteiger charge is -2.16. The van der Waals surface area contributed by atoms with E-state index in [4.69, 9.17) is 9.72 Å². The van der Waals surface area contributed by atoms with E-state index in [0.717, 1.165) is 24.6 Å². The third kappa shape index (κ3) is 5.61. The molecule has 13 heteroatoms. The predicted octanol–water partition coefficient (Wildman–Crippen LogP) is 5.50. The molecule has 9 nitrogen and oxygen atoms in total. The van der Waals surface area contributed by atoms with Crippen LogP contribution in [-0.2, 0) is 30.7 Å². The van der Waals surface area contributed by atoms with Gasteiger partial charge >= 0.3 is 6.18 Å². The molecular weight excluding hydrogens is 539 g/mol. The number of aromatic nitrogens is 7. The van der Waals surface area contributed by atoms with E-state index in [1.165, 1.54) is 6.07 Å². The lowest BCUT2D eigenvalue weighted by molar-refractivity contribution is -0.137. The van der Waals surface area contributed by atoms with Gasteiger partial charge in [0.2, 0.25) is 5.78 Å². The van der Waals surface area contributed by atoms with E-state index in [-0.39, 0.29) is 18.8 Å². The van der Waals surface area contributed by atoms with Gasteiger partial charge in [-0.3, -0.25) is 23.0 Å². The monoisotopic (exact) mass is 571 g/mol. The Hall–Kier alpha value is -3.71. The third-order valence-corrected chi connectivity index (χ3v) is 8.35. The molecule has 0 atom stereocenters. The highest BCUT2D eigenvalue weighted by Crippen LogP contribution is 2.30. The topological polar surface area (TPSA) is 84.2 Å². The zero-order chi connectivity index (χ0) is 28.7. The highest BCUT2D eigenvalue weighted by molar-refractivity contribution is 6.76. The second-order valence-corrected chi connectivity index (χ2v) is 16.7. The normalized spacial score (nSPS) is 12.7. The summed E-state index contributed by atoms with van der Waals surface area (Å²) in [6, 6.07) is 6.15. The summed E-state index contributed by atoms with van der Waals surface area (Å²) in [6.07, 6.45) is 3.06. The molecule has 0 saturated heterocycles. The van der Waals surface area contributed by atoms with Gasteiger partial charge in [0.1, 0.15) is 12.6 Å². The number of nitrogens with zero attached hydrogens (tertiary/aromatic N) is 7. The number of aryl methyl sites for hydroxylation is 1. The molecule has 0 bridgehead atoms. The maximum atomic E-state index is 13.7. The maximum absolute atomic E-state index is 13.7. The molecule has 40 heavy (non-hydrogen) atoms. The van der Waals surface area contributed by atoms with Crippen molar-refractivity contribution in [3.63, 3.8) is 0 Å². The highest BCUT2D eigenvalue weighted by Gasteiger charge is 2.30. The first-order chi connectivity index (χ1) is 19.0. The van der Waals surface area contributed by atoms with Crippen molar-refractivity contribution in [3.05, 3.63) is 70.5 Å². The number of hydrogen-bond donors (Lipinski definition) is 0. The molecule has 1 aromatic carbocycles. The lowest BCUT2D eigenvalue weighted by atomic mass is 10.1. The first-order valence-corrected chi connectivity index (χ1v) is 16.9. The van der Waals surface area contributed by atoms with Crippen molar-refractivity contribution in [1.82, 2.24) is 33.3 Å². The van der Waals surface area contributed by atoms with E-state index in [1.54, 1.807) is 49.1 Å². The molecule has 0 aliphatic rings. The number of benzene rings is 1. The Labute approximate surface area is 229 Å². The van der Waals surface area contributed by atoms with Crippen LogP contribution < -0.4 is 5.56 Å². The Morgan fingerprint density at radius 3 is 2.65 bits per heavy atom. The fraction of sp³-hybridized carbons (Fsp3) is 0.407. The van der Waals surface area contributed by atoms with Gasteiger partial charge in [-0.25, -0.2) is 9.97 Å². The quantitative estimate of drug-likeness (QED) is 0.163. The van der Waals surface area contributed by atoms with Crippen molar-refractivity contribution in [3.8, 4) is 11.4 Å². The molecule has 0 N–H and O–H groups in total. The minimum atomic E-state index is -4.42. The van der Waals surface area contributed by atoms with E-state index in [0.29, 0.717) is 47.0 Å². The van der Waals surface area contributed by atoms with Gasteiger partial charge in [-0.05, 0) is 30.2 Å². The molecule has 0 aliphatic carbocycles. The fourth-order valence-corrected chi connectivity index (χ4v) is 5.36. The summed E-state index contributed by atoms with van der Waals surface area (Å²) in [7, 11) is -1.33. The van der Waals surface area contributed by atoms with Crippen molar-refractivity contribution in [1.29, 1.82) is 0 Å². The summed E-state index contributed by atoms with van der Waals surface area (Å²) in [5.41, 5.74) is 1.02. The SMILES string of the molecule is CCCn1c(=O)c2c(nc(-c3cnn(Cc4cccc(C(F)(F)F)c4)c3)n2COCC[Si](C)(C)C)n2ccnc12. The van der Waals surface area contributed by atoms with E-state index in [2.05, 4.69) is 29.7 Å². The van der Waals surface area contributed by atoms with Crippen LogP contribution in [0.5, 0.6) is 0 Å². The van der Waals surface area contributed by atoms with E-state index in [9.17, 15) is 18.0 Å². The third-order valence-electron chi connectivity index (χ3n) is 6.64. The smallest absolute Gasteiger partial charge is 0.361 e.